The van der Waals surface area contributed by atoms with Crippen molar-refractivity contribution in [3.8, 4) is 11.5 Å². The highest BCUT2D eigenvalue weighted by molar-refractivity contribution is 6.37. The first-order chi connectivity index (χ1) is 10.3. The number of rotatable bonds is 4. The Hall–Kier alpha value is -0.840. The summed E-state index contributed by atoms with van der Waals surface area (Å²) in [7, 11) is 1.91. The molecule has 0 unspecified atom stereocenters. The summed E-state index contributed by atoms with van der Waals surface area (Å²) in [6.45, 7) is 1.13. The molecule has 0 radical (unpaired) electrons. The number of phenolic OH excluding ortho intramolecular Hbond substituents is 2. The highest BCUT2D eigenvalue weighted by Gasteiger charge is 2.11. The van der Waals surface area contributed by atoms with Crippen LogP contribution in [0.1, 0.15) is 11.1 Å². The van der Waals surface area contributed by atoms with Gasteiger partial charge < -0.3 is 10.2 Å². The SMILES string of the molecule is CN(Cc1cc(Cl)c(O)c(Cl)c1)Cc1cc(Cl)c(O)c(Cl)c1. The maximum Gasteiger partial charge on any atom is 0.152 e. The van der Waals surface area contributed by atoms with E-state index in [1.54, 1.807) is 24.3 Å². The van der Waals surface area contributed by atoms with Gasteiger partial charge in [0.05, 0.1) is 20.1 Å². The van der Waals surface area contributed by atoms with Crippen molar-refractivity contribution in [2.24, 2.45) is 0 Å². The molecule has 0 fully saturated rings. The number of nitrogens with zero attached hydrogens (tertiary/aromatic N) is 1. The van der Waals surface area contributed by atoms with Crippen molar-refractivity contribution in [3.63, 3.8) is 0 Å². The minimum Gasteiger partial charge on any atom is -0.505 e. The zero-order valence-electron chi connectivity index (χ0n) is 11.6. The molecule has 0 heterocycles. The molecule has 118 valence electrons. The minimum atomic E-state index is -0.119. The van der Waals surface area contributed by atoms with E-state index in [2.05, 4.69) is 0 Å². The highest BCUT2D eigenvalue weighted by Crippen LogP contribution is 2.34. The maximum absolute atomic E-state index is 9.56. The number of aromatic hydroxyl groups is 2. The van der Waals surface area contributed by atoms with Crippen LogP contribution in [0.4, 0.5) is 0 Å². The van der Waals surface area contributed by atoms with Crippen molar-refractivity contribution in [1.82, 2.24) is 4.90 Å². The molecule has 0 aliphatic rings. The summed E-state index contributed by atoms with van der Waals surface area (Å²) in [6.07, 6.45) is 0. The minimum absolute atomic E-state index is 0.119. The summed E-state index contributed by atoms with van der Waals surface area (Å²) in [6, 6.07) is 6.65. The topological polar surface area (TPSA) is 43.7 Å². The average molecular weight is 381 g/mol. The van der Waals surface area contributed by atoms with Crippen molar-refractivity contribution in [3.05, 3.63) is 55.5 Å². The Bertz CT molecular complexity index is 600. The molecule has 0 spiro atoms. The molecule has 0 aliphatic heterocycles. The lowest BCUT2D eigenvalue weighted by molar-refractivity contribution is 0.319. The molecule has 0 saturated carbocycles. The normalized spacial score (nSPS) is 11.2. The van der Waals surface area contributed by atoms with Gasteiger partial charge in [-0.1, -0.05) is 46.4 Å². The number of hydrogen-bond donors (Lipinski definition) is 2. The third-order valence-corrected chi connectivity index (χ3v) is 4.21. The van der Waals surface area contributed by atoms with E-state index >= 15 is 0 Å². The summed E-state index contributed by atoms with van der Waals surface area (Å²) in [4.78, 5) is 2.00. The van der Waals surface area contributed by atoms with Crippen LogP contribution in [0.3, 0.4) is 0 Å². The molecule has 2 N–H and O–H groups in total. The summed E-state index contributed by atoms with van der Waals surface area (Å²) in [5, 5.41) is 20.0. The summed E-state index contributed by atoms with van der Waals surface area (Å²) in [5.74, 6) is -0.237. The Morgan fingerprint density at radius 1 is 0.727 bits per heavy atom. The first-order valence-corrected chi connectivity index (χ1v) is 7.81. The van der Waals surface area contributed by atoms with Crippen LogP contribution in [0.2, 0.25) is 20.1 Å². The molecular formula is C15H13Cl4NO2. The zero-order valence-corrected chi connectivity index (χ0v) is 14.6. The van der Waals surface area contributed by atoms with E-state index in [-0.39, 0.29) is 31.6 Å². The molecule has 2 rings (SSSR count). The lowest BCUT2D eigenvalue weighted by atomic mass is 10.1. The van der Waals surface area contributed by atoms with Crippen LogP contribution in [0.25, 0.3) is 0 Å². The van der Waals surface area contributed by atoms with Crippen molar-refractivity contribution in [1.29, 1.82) is 0 Å². The fourth-order valence-electron chi connectivity index (χ4n) is 2.10. The summed E-state index contributed by atoms with van der Waals surface area (Å²) >= 11 is 23.6. The molecule has 0 aromatic heterocycles. The smallest absolute Gasteiger partial charge is 0.152 e. The van der Waals surface area contributed by atoms with Crippen molar-refractivity contribution >= 4 is 46.4 Å². The maximum atomic E-state index is 9.56. The van der Waals surface area contributed by atoms with Crippen LogP contribution in [0.15, 0.2) is 24.3 Å². The van der Waals surface area contributed by atoms with Gasteiger partial charge in [-0.2, -0.15) is 0 Å². The third-order valence-electron chi connectivity index (χ3n) is 3.06. The molecule has 2 aromatic carbocycles. The first kappa shape index (κ1) is 17.5. The first-order valence-electron chi connectivity index (χ1n) is 6.30. The molecule has 3 nitrogen and oxygen atoms in total. The second-order valence-electron chi connectivity index (χ2n) is 4.99. The van der Waals surface area contributed by atoms with Crippen molar-refractivity contribution < 1.29 is 10.2 Å². The van der Waals surface area contributed by atoms with Gasteiger partial charge in [0.2, 0.25) is 0 Å². The van der Waals surface area contributed by atoms with Crippen LogP contribution in [0.5, 0.6) is 11.5 Å². The fourth-order valence-corrected chi connectivity index (χ4v) is 3.16. The number of benzene rings is 2. The monoisotopic (exact) mass is 379 g/mol. The lowest BCUT2D eigenvalue weighted by Gasteiger charge is -2.18. The third kappa shape index (κ3) is 4.12. The van der Waals surface area contributed by atoms with Gasteiger partial charge in [-0.3, -0.25) is 4.90 Å². The number of hydrogen-bond acceptors (Lipinski definition) is 3. The summed E-state index contributed by atoms with van der Waals surface area (Å²) in [5.41, 5.74) is 1.73. The van der Waals surface area contributed by atoms with Gasteiger partial charge in [-0.15, -0.1) is 0 Å². The Morgan fingerprint density at radius 3 is 1.27 bits per heavy atom. The quantitative estimate of drug-likeness (QED) is 0.751. The standard InChI is InChI=1S/C15H13Cl4NO2/c1-20(6-8-2-10(16)14(21)11(17)3-8)7-9-4-12(18)15(22)13(19)5-9/h2-5,21-22H,6-7H2,1H3. The van der Waals surface area contributed by atoms with Crippen LogP contribution < -0.4 is 0 Å². The van der Waals surface area contributed by atoms with Gasteiger partial charge in [0.25, 0.3) is 0 Å². The van der Waals surface area contributed by atoms with Gasteiger partial charge in [0, 0.05) is 13.1 Å². The van der Waals surface area contributed by atoms with Crippen molar-refractivity contribution in [2.75, 3.05) is 7.05 Å². The fraction of sp³-hybridized carbons (Fsp3) is 0.200. The molecule has 22 heavy (non-hydrogen) atoms. The molecule has 0 aliphatic carbocycles. The number of phenols is 2. The van der Waals surface area contributed by atoms with E-state index < -0.39 is 0 Å². The predicted molar refractivity (Wildman–Crippen MR) is 91.4 cm³/mol. The molecule has 7 heteroatoms. The molecule has 0 amide bonds. The molecule has 0 bridgehead atoms. The van der Waals surface area contributed by atoms with Crippen LogP contribution in [0, 0.1) is 0 Å². The van der Waals surface area contributed by atoms with E-state index in [0.717, 1.165) is 11.1 Å². The van der Waals surface area contributed by atoms with E-state index in [1.807, 2.05) is 11.9 Å². The van der Waals surface area contributed by atoms with Crippen LogP contribution in [-0.4, -0.2) is 22.2 Å². The molecule has 2 aromatic rings. The molecule has 0 atom stereocenters. The van der Waals surface area contributed by atoms with Crippen LogP contribution >= 0.6 is 46.4 Å². The number of halogens is 4. The van der Waals surface area contributed by atoms with Gasteiger partial charge >= 0.3 is 0 Å². The lowest BCUT2D eigenvalue weighted by Crippen LogP contribution is -2.17. The van der Waals surface area contributed by atoms with Gasteiger partial charge in [0.1, 0.15) is 0 Å². The van der Waals surface area contributed by atoms with Crippen molar-refractivity contribution in [2.45, 2.75) is 13.1 Å². The van der Waals surface area contributed by atoms with E-state index in [0.29, 0.717) is 13.1 Å². The largest absolute Gasteiger partial charge is 0.505 e. The zero-order chi connectivity index (χ0) is 16.4. The Kier molecular flexibility index (Phi) is 5.70. The van der Waals surface area contributed by atoms with E-state index in [9.17, 15) is 10.2 Å². The van der Waals surface area contributed by atoms with E-state index in [4.69, 9.17) is 46.4 Å². The van der Waals surface area contributed by atoms with Gasteiger partial charge in [0.15, 0.2) is 11.5 Å². The molecule has 0 saturated heterocycles. The predicted octanol–water partition coefficient (Wildman–Crippen LogP) is 5.34. The van der Waals surface area contributed by atoms with E-state index in [1.165, 1.54) is 0 Å². The van der Waals surface area contributed by atoms with Gasteiger partial charge in [-0.05, 0) is 42.4 Å². The summed E-state index contributed by atoms with van der Waals surface area (Å²) < 4.78 is 0. The average Bonchev–Trinajstić information content (AvgIpc) is 2.41. The highest BCUT2D eigenvalue weighted by atomic mass is 35.5. The Balaban J connectivity index is 2.12. The van der Waals surface area contributed by atoms with Crippen LogP contribution in [-0.2, 0) is 13.1 Å². The second-order valence-corrected chi connectivity index (χ2v) is 6.62. The molecular weight excluding hydrogens is 368 g/mol. The Morgan fingerprint density at radius 2 is 1.00 bits per heavy atom. The second kappa shape index (κ2) is 7.16. The Labute approximate surface area is 148 Å². The van der Waals surface area contributed by atoms with Gasteiger partial charge in [-0.25, -0.2) is 0 Å².